The largest absolute Gasteiger partial charge is 1.00 e. The van der Waals surface area contributed by atoms with Crippen LogP contribution < -0.4 is 0 Å². The third-order valence-corrected chi connectivity index (χ3v) is 4.57. The van der Waals surface area contributed by atoms with Crippen molar-refractivity contribution < 1.29 is 5.91 Å². The minimum atomic E-state index is 0. The van der Waals surface area contributed by atoms with Gasteiger partial charge < -0.3 is 4.48 Å². The normalized spacial score (nSPS) is 11.8. The van der Waals surface area contributed by atoms with Gasteiger partial charge in [-0.05, 0) is 12.8 Å². The highest BCUT2D eigenvalue weighted by atomic mass is 15.3. The summed E-state index contributed by atoms with van der Waals surface area (Å²) in [5, 5.41) is 0. The summed E-state index contributed by atoms with van der Waals surface area (Å²) in [5.74, 6) is 0. The van der Waals surface area contributed by atoms with E-state index in [4.69, 9.17) is 0 Å². The van der Waals surface area contributed by atoms with Crippen molar-refractivity contribution in [3.63, 3.8) is 0 Å². The summed E-state index contributed by atoms with van der Waals surface area (Å²) in [4.78, 5) is 0. The van der Waals surface area contributed by atoms with Crippen molar-refractivity contribution in [2.75, 3.05) is 20.6 Å². The molecule has 0 atom stereocenters. The molecule has 0 bridgehead atoms. The molecule has 0 aliphatic carbocycles. The van der Waals surface area contributed by atoms with E-state index in [0.717, 1.165) is 11.0 Å². The van der Waals surface area contributed by atoms with E-state index in [1.807, 2.05) is 0 Å². The summed E-state index contributed by atoms with van der Waals surface area (Å²) in [6, 6.07) is 10.9. The Hall–Kier alpha value is -0.820. The second-order valence-electron chi connectivity index (χ2n) is 7.49. The van der Waals surface area contributed by atoms with Crippen molar-refractivity contribution in [2.45, 2.75) is 77.7 Å². The summed E-state index contributed by atoms with van der Waals surface area (Å²) in [5.41, 5.74) is 1.46. The number of quaternary nitrogens is 1. The van der Waals surface area contributed by atoms with Gasteiger partial charge in [0.2, 0.25) is 0 Å². The van der Waals surface area contributed by atoms with Gasteiger partial charge in [-0.3, -0.25) is 0 Å². The zero-order valence-electron chi connectivity index (χ0n) is 16.3. The molecule has 1 aromatic rings. The quantitative estimate of drug-likeness (QED) is 0.296. The first-order valence-electron chi connectivity index (χ1n) is 9.50. The number of benzene rings is 1. The van der Waals surface area contributed by atoms with Crippen LogP contribution in [0.5, 0.6) is 0 Å². The van der Waals surface area contributed by atoms with Gasteiger partial charge in [-0.2, -0.15) is 0 Å². The SMILES string of the molecule is CCCCCCCCCCCC[N+](C)(C)Cc1ccccc1.[H+]. The number of nitrogens with zero attached hydrogens (tertiary/aromatic N) is 1. The van der Waals surface area contributed by atoms with Crippen molar-refractivity contribution in [1.82, 2.24) is 0 Å². The summed E-state index contributed by atoms with van der Waals surface area (Å²) in [6.45, 7) is 4.74. The van der Waals surface area contributed by atoms with Crippen LogP contribution in [0.15, 0.2) is 30.3 Å². The second kappa shape index (κ2) is 11.7. The number of hydrogen-bond donors (Lipinski definition) is 0. The van der Waals surface area contributed by atoms with Gasteiger partial charge >= 0.3 is 1.43 Å². The monoisotopic (exact) mass is 305 g/mol. The summed E-state index contributed by atoms with van der Waals surface area (Å²) in [7, 11) is 4.72. The van der Waals surface area contributed by atoms with Crippen LogP contribution in [-0.4, -0.2) is 25.1 Å². The molecule has 0 heterocycles. The molecule has 22 heavy (non-hydrogen) atoms. The predicted octanol–water partition coefficient (Wildman–Crippen LogP) is 6.30. The highest BCUT2D eigenvalue weighted by Crippen LogP contribution is 2.13. The lowest BCUT2D eigenvalue weighted by atomic mass is 10.1. The van der Waals surface area contributed by atoms with Crippen molar-refractivity contribution in [3.05, 3.63) is 35.9 Å². The minimum absolute atomic E-state index is 0. The highest BCUT2D eigenvalue weighted by molar-refractivity contribution is 5.13. The molecule has 0 aliphatic rings. The van der Waals surface area contributed by atoms with E-state index in [9.17, 15) is 0 Å². The third kappa shape index (κ3) is 10.00. The Morgan fingerprint density at radius 3 is 1.77 bits per heavy atom. The smallest absolute Gasteiger partial charge is 0.325 e. The van der Waals surface area contributed by atoms with Gasteiger partial charge in [-0.15, -0.1) is 0 Å². The standard InChI is InChI=1S/C21H38N/c1-4-5-6-7-8-9-10-11-12-16-19-22(2,3)20-21-17-14-13-15-18-21/h13-15,17-18H,4-12,16,19-20H2,1-3H3/q+1/p+1. The van der Waals surface area contributed by atoms with Gasteiger partial charge in [0.25, 0.3) is 0 Å². The average Bonchev–Trinajstić information content (AvgIpc) is 2.49. The van der Waals surface area contributed by atoms with E-state index < -0.39 is 0 Å². The van der Waals surface area contributed by atoms with E-state index in [1.165, 1.54) is 76.3 Å². The Morgan fingerprint density at radius 2 is 1.23 bits per heavy atom. The molecular weight excluding hydrogens is 266 g/mol. The number of unbranched alkanes of at least 4 members (excludes halogenated alkanes) is 9. The van der Waals surface area contributed by atoms with Gasteiger partial charge in [0.05, 0.1) is 20.6 Å². The van der Waals surface area contributed by atoms with Crippen LogP contribution >= 0.6 is 0 Å². The van der Waals surface area contributed by atoms with Crippen LogP contribution in [-0.2, 0) is 6.54 Å². The molecule has 1 rings (SSSR count). The Labute approximate surface area is 140 Å². The molecular formula is C21H39N+2. The van der Waals surface area contributed by atoms with Crippen LogP contribution in [0.3, 0.4) is 0 Å². The zero-order chi connectivity index (χ0) is 16.1. The molecule has 0 radical (unpaired) electrons. The van der Waals surface area contributed by atoms with Gasteiger partial charge in [0.15, 0.2) is 0 Å². The van der Waals surface area contributed by atoms with Crippen LogP contribution in [0, 0.1) is 0 Å². The van der Waals surface area contributed by atoms with Gasteiger partial charge in [0, 0.05) is 5.56 Å². The molecule has 0 amide bonds. The van der Waals surface area contributed by atoms with E-state index in [2.05, 4.69) is 51.4 Å². The van der Waals surface area contributed by atoms with E-state index in [-0.39, 0.29) is 1.43 Å². The van der Waals surface area contributed by atoms with Gasteiger partial charge in [0.1, 0.15) is 6.54 Å². The lowest BCUT2D eigenvalue weighted by Crippen LogP contribution is -2.39. The lowest BCUT2D eigenvalue weighted by molar-refractivity contribution is -0.903. The summed E-state index contributed by atoms with van der Waals surface area (Å²) < 4.78 is 1.11. The molecule has 0 N–H and O–H groups in total. The maximum Gasteiger partial charge on any atom is 1.00 e. The molecule has 0 unspecified atom stereocenters. The summed E-state index contributed by atoms with van der Waals surface area (Å²) >= 11 is 0. The van der Waals surface area contributed by atoms with E-state index >= 15 is 0 Å². The Balaban J connectivity index is 0.00000484. The first-order chi connectivity index (χ1) is 10.6. The average molecular weight is 306 g/mol. The Bertz CT molecular complexity index is 361. The Morgan fingerprint density at radius 1 is 0.727 bits per heavy atom. The number of hydrogen-bond acceptors (Lipinski definition) is 0. The molecule has 1 aromatic carbocycles. The van der Waals surface area contributed by atoms with Crippen LogP contribution in [0.4, 0.5) is 0 Å². The topological polar surface area (TPSA) is 0 Å². The van der Waals surface area contributed by atoms with Crippen molar-refractivity contribution in [2.24, 2.45) is 0 Å². The van der Waals surface area contributed by atoms with Crippen molar-refractivity contribution in [3.8, 4) is 0 Å². The molecule has 1 nitrogen and oxygen atoms in total. The molecule has 126 valence electrons. The Kier molecular flexibility index (Phi) is 10.2. The molecule has 0 saturated carbocycles. The van der Waals surface area contributed by atoms with Crippen LogP contribution in [0.25, 0.3) is 0 Å². The first-order valence-corrected chi connectivity index (χ1v) is 9.50. The molecule has 0 saturated heterocycles. The van der Waals surface area contributed by atoms with E-state index in [0.29, 0.717) is 0 Å². The van der Waals surface area contributed by atoms with Crippen molar-refractivity contribution >= 4 is 0 Å². The van der Waals surface area contributed by atoms with Gasteiger partial charge in [-0.25, -0.2) is 0 Å². The molecule has 0 spiro atoms. The fourth-order valence-electron chi connectivity index (χ4n) is 3.18. The predicted molar refractivity (Wildman–Crippen MR) is 100 cm³/mol. The minimum Gasteiger partial charge on any atom is -0.325 e. The van der Waals surface area contributed by atoms with Crippen LogP contribution in [0.1, 0.15) is 78.1 Å². The maximum atomic E-state index is 2.36. The highest BCUT2D eigenvalue weighted by Gasteiger charge is 2.14. The second-order valence-corrected chi connectivity index (χ2v) is 7.49. The first kappa shape index (κ1) is 19.2. The summed E-state index contributed by atoms with van der Waals surface area (Å²) in [6.07, 6.45) is 14.2. The van der Waals surface area contributed by atoms with Gasteiger partial charge in [-0.1, -0.05) is 88.6 Å². The van der Waals surface area contributed by atoms with E-state index in [1.54, 1.807) is 0 Å². The fourth-order valence-corrected chi connectivity index (χ4v) is 3.18. The van der Waals surface area contributed by atoms with Crippen molar-refractivity contribution in [1.29, 1.82) is 0 Å². The fraction of sp³-hybridized carbons (Fsp3) is 0.714. The molecule has 1 heteroatoms. The van der Waals surface area contributed by atoms with Crippen LogP contribution in [0.2, 0.25) is 0 Å². The molecule has 0 aliphatic heterocycles. The maximum absolute atomic E-state index is 2.36. The molecule has 0 fully saturated rings. The zero-order valence-corrected chi connectivity index (χ0v) is 15.3. The third-order valence-electron chi connectivity index (χ3n) is 4.57. The number of rotatable bonds is 13. The molecule has 0 aromatic heterocycles. The lowest BCUT2D eigenvalue weighted by Gasteiger charge is -2.30.